The summed E-state index contributed by atoms with van der Waals surface area (Å²) in [6, 6.07) is 0. The summed E-state index contributed by atoms with van der Waals surface area (Å²) in [7, 11) is 0. The third-order valence-corrected chi connectivity index (χ3v) is 4.91. The molecule has 2 saturated carbocycles. The number of amides is 1. The van der Waals surface area contributed by atoms with Gasteiger partial charge in [-0.3, -0.25) is 10.1 Å². The van der Waals surface area contributed by atoms with Crippen LogP contribution in [-0.4, -0.2) is 28.1 Å². The van der Waals surface area contributed by atoms with Crippen molar-refractivity contribution in [3.05, 3.63) is 0 Å². The molecule has 0 aromatic carbocycles. The average molecular weight is 236 g/mol. The van der Waals surface area contributed by atoms with Gasteiger partial charge in [-0.25, -0.2) is 0 Å². The summed E-state index contributed by atoms with van der Waals surface area (Å²) in [4.78, 5) is 14.8. The smallest absolute Gasteiger partial charge is 0.244 e. The minimum absolute atomic E-state index is 0.0328. The molecule has 1 atom stereocenters. The van der Waals surface area contributed by atoms with Crippen molar-refractivity contribution >= 4 is 5.91 Å². The van der Waals surface area contributed by atoms with Gasteiger partial charge in [-0.2, -0.15) is 0 Å². The van der Waals surface area contributed by atoms with E-state index >= 15 is 0 Å². The molecule has 0 aromatic heterocycles. The molecule has 1 amide bonds. The summed E-state index contributed by atoms with van der Waals surface area (Å²) in [5.41, 5.74) is -0.133. The van der Waals surface area contributed by atoms with E-state index < -0.39 is 0 Å². The number of nitrogens with one attached hydrogen (secondary N) is 1. The molecule has 1 aliphatic heterocycles. The third-order valence-electron chi connectivity index (χ3n) is 4.91. The molecule has 3 aliphatic rings. The van der Waals surface area contributed by atoms with Crippen LogP contribution in [0.2, 0.25) is 0 Å². The maximum atomic E-state index is 12.6. The number of carbonyl (C=O) groups is 1. The van der Waals surface area contributed by atoms with Crippen molar-refractivity contribution in [2.75, 3.05) is 0 Å². The zero-order chi connectivity index (χ0) is 12.4. The Morgan fingerprint density at radius 2 is 1.94 bits per heavy atom. The Morgan fingerprint density at radius 1 is 1.35 bits per heavy atom. The predicted octanol–water partition coefficient (Wildman–Crippen LogP) is 2.12. The molecule has 3 rings (SSSR count). The van der Waals surface area contributed by atoms with E-state index in [1.807, 2.05) is 0 Å². The molecule has 0 radical (unpaired) electrons. The minimum Gasteiger partial charge on any atom is -0.320 e. The van der Waals surface area contributed by atoms with E-state index in [-0.39, 0.29) is 17.2 Å². The van der Waals surface area contributed by atoms with Crippen LogP contribution in [0, 0.1) is 11.8 Å². The standard InChI is InChI=1S/C14H24N2O/c1-9(2)11-15-14(7-8-14)12(17)16(11)13(3,4)10-5-6-10/h9-11,15H,5-8H2,1-4H3. The molecule has 96 valence electrons. The fourth-order valence-corrected chi connectivity index (χ4v) is 3.32. The SMILES string of the molecule is CC(C)C1NC2(CC2)C(=O)N1C(C)(C)C1CC1. The molecule has 1 spiro atoms. The van der Waals surface area contributed by atoms with Crippen LogP contribution < -0.4 is 5.32 Å². The minimum atomic E-state index is -0.166. The topological polar surface area (TPSA) is 32.3 Å². The first-order chi connectivity index (χ1) is 7.88. The van der Waals surface area contributed by atoms with Gasteiger partial charge in [-0.15, -0.1) is 0 Å². The molecule has 3 fully saturated rings. The maximum absolute atomic E-state index is 12.6. The number of hydrogen-bond donors (Lipinski definition) is 1. The lowest BCUT2D eigenvalue weighted by atomic mass is 9.93. The molecular weight excluding hydrogens is 212 g/mol. The van der Waals surface area contributed by atoms with E-state index in [2.05, 4.69) is 37.9 Å². The van der Waals surface area contributed by atoms with Crippen LogP contribution >= 0.6 is 0 Å². The van der Waals surface area contributed by atoms with Crippen LogP contribution in [0.3, 0.4) is 0 Å². The third kappa shape index (κ3) is 1.55. The number of carbonyl (C=O) groups excluding carboxylic acids is 1. The summed E-state index contributed by atoms with van der Waals surface area (Å²) >= 11 is 0. The van der Waals surface area contributed by atoms with Gasteiger partial charge in [0.2, 0.25) is 5.91 Å². The highest BCUT2D eigenvalue weighted by atomic mass is 16.2. The van der Waals surface area contributed by atoms with Crippen LogP contribution in [0.15, 0.2) is 0 Å². The molecule has 0 aromatic rings. The number of rotatable bonds is 3. The first-order valence-electron chi connectivity index (χ1n) is 7.00. The van der Waals surface area contributed by atoms with E-state index in [1.54, 1.807) is 0 Å². The fourth-order valence-electron chi connectivity index (χ4n) is 3.32. The van der Waals surface area contributed by atoms with E-state index in [0.29, 0.717) is 17.7 Å². The van der Waals surface area contributed by atoms with Crippen molar-refractivity contribution in [1.29, 1.82) is 0 Å². The van der Waals surface area contributed by atoms with E-state index in [4.69, 9.17) is 0 Å². The highest BCUT2D eigenvalue weighted by molar-refractivity contribution is 5.92. The molecule has 2 aliphatic carbocycles. The average Bonchev–Trinajstić information content (AvgIpc) is 3.09. The normalized spacial score (nSPS) is 31.7. The monoisotopic (exact) mass is 236 g/mol. The first-order valence-corrected chi connectivity index (χ1v) is 7.00. The van der Waals surface area contributed by atoms with Gasteiger partial charge in [0.25, 0.3) is 0 Å². The zero-order valence-corrected chi connectivity index (χ0v) is 11.4. The van der Waals surface area contributed by atoms with Gasteiger partial charge in [-0.05, 0) is 51.4 Å². The van der Waals surface area contributed by atoms with Crippen molar-refractivity contribution in [2.24, 2.45) is 11.8 Å². The van der Waals surface area contributed by atoms with Gasteiger partial charge in [0, 0.05) is 5.54 Å². The largest absolute Gasteiger partial charge is 0.320 e. The van der Waals surface area contributed by atoms with Crippen molar-refractivity contribution in [3.8, 4) is 0 Å². The van der Waals surface area contributed by atoms with Gasteiger partial charge in [0.15, 0.2) is 0 Å². The molecule has 1 heterocycles. The van der Waals surface area contributed by atoms with E-state index in [1.165, 1.54) is 12.8 Å². The van der Waals surface area contributed by atoms with Crippen LogP contribution in [0.4, 0.5) is 0 Å². The number of nitrogens with zero attached hydrogens (tertiary/aromatic N) is 1. The molecule has 1 unspecified atom stereocenters. The van der Waals surface area contributed by atoms with Crippen LogP contribution in [0.1, 0.15) is 53.4 Å². The lowest BCUT2D eigenvalue weighted by Gasteiger charge is -2.41. The van der Waals surface area contributed by atoms with Crippen molar-refractivity contribution in [2.45, 2.75) is 70.6 Å². The van der Waals surface area contributed by atoms with Crippen LogP contribution in [0.25, 0.3) is 0 Å². The summed E-state index contributed by atoms with van der Waals surface area (Å²) < 4.78 is 0. The highest BCUT2D eigenvalue weighted by Gasteiger charge is 2.63. The van der Waals surface area contributed by atoms with Gasteiger partial charge in [0.05, 0.1) is 11.7 Å². The summed E-state index contributed by atoms with van der Waals surface area (Å²) in [5, 5.41) is 3.61. The maximum Gasteiger partial charge on any atom is 0.244 e. The molecule has 1 N–H and O–H groups in total. The Kier molecular flexibility index (Phi) is 2.20. The van der Waals surface area contributed by atoms with E-state index in [9.17, 15) is 4.79 Å². The van der Waals surface area contributed by atoms with Crippen molar-refractivity contribution < 1.29 is 4.79 Å². The summed E-state index contributed by atoms with van der Waals surface area (Å²) in [6.07, 6.45) is 4.88. The van der Waals surface area contributed by atoms with Crippen molar-refractivity contribution in [1.82, 2.24) is 10.2 Å². The van der Waals surface area contributed by atoms with E-state index in [0.717, 1.165) is 12.8 Å². The van der Waals surface area contributed by atoms with Crippen molar-refractivity contribution in [3.63, 3.8) is 0 Å². The first kappa shape index (κ1) is 11.5. The molecule has 17 heavy (non-hydrogen) atoms. The Bertz CT molecular complexity index is 353. The molecule has 1 saturated heterocycles. The molecule has 0 bridgehead atoms. The lowest BCUT2D eigenvalue weighted by molar-refractivity contribution is -0.137. The van der Waals surface area contributed by atoms with Crippen LogP contribution in [-0.2, 0) is 4.79 Å². The zero-order valence-electron chi connectivity index (χ0n) is 11.4. The Balaban J connectivity index is 1.91. The Labute approximate surface area is 104 Å². The Morgan fingerprint density at radius 3 is 2.35 bits per heavy atom. The van der Waals surface area contributed by atoms with Gasteiger partial charge >= 0.3 is 0 Å². The second-order valence-electron chi connectivity index (χ2n) is 7.02. The quantitative estimate of drug-likeness (QED) is 0.814. The lowest BCUT2D eigenvalue weighted by Crippen LogP contribution is -2.54. The van der Waals surface area contributed by atoms with Crippen LogP contribution in [0.5, 0.6) is 0 Å². The van der Waals surface area contributed by atoms with Gasteiger partial charge in [-0.1, -0.05) is 13.8 Å². The highest BCUT2D eigenvalue weighted by Crippen LogP contribution is 2.50. The molecule has 3 nitrogen and oxygen atoms in total. The second-order valence-corrected chi connectivity index (χ2v) is 7.02. The number of hydrogen-bond acceptors (Lipinski definition) is 2. The van der Waals surface area contributed by atoms with Gasteiger partial charge in [0.1, 0.15) is 0 Å². The predicted molar refractivity (Wildman–Crippen MR) is 67.4 cm³/mol. The molecular formula is C14H24N2O. The summed E-state index contributed by atoms with van der Waals surface area (Å²) in [6.45, 7) is 8.92. The second kappa shape index (κ2) is 3.25. The van der Waals surface area contributed by atoms with Gasteiger partial charge < -0.3 is 4.90 Å². The Hall–Kier alpha value is -0.570. The summed E-state index contributed by atoms with van der Waals surface area (Å²) in [5.74, 6) is 1.56. The fraction of sp³-hybridized carbons (Fsp3) is 0.929. The molecule has 3 heteroatoms.